The maximum atomic E-state index is 12.8. The lowest BCUT2D eigenvalue weighted by Crippen LogP contribution is -2.48. The van der Waals surface area contributed by atoms with Crippen molar-refractivity contribution < 1.29 is 17.8 Å². The number of sulfonamides is 1. The third-order valence-corrected chi connectivity index (χ3v) is 6.13. The molecule has 0 spiro atoms. The van der Waals surface area contributed by atoms with Crippen LogP contribution in [0.5, 0.6) is 0 Å². The van der Waals surface area contributed by atoms with E-state index in [0.717, 1.165) is 11.5 Å². The monoisotopic (exact) mass is 365 g/mol. The molecular formula is C16H19N3O5S. The number of para-hydroxylation sites is 1. The van der Waals surface area contributed by atoms with Crippen LogP contribution in [-0.4, -0.2) is 48.7 Å². The van der Waals surface area contributed by atoms with E-state index in [2.05, 4.69) is 4.90 Å². The van der Waals surface area contributed by atoms with E-state index in [4.69, 9.17) is 4.42 Å². The Hall–Kier alpha value is -2.23. The average Bonchev–Trinajstić information content (AvgIpc) is 3.00. The molecule has 1 fully saturated rings. The Morgan fingerprint density at radius 2 is 1.80 bits per heavy atom. The Morgan fingerprint density at radius 1 is 1.12 bits per heavy atom. The molecule has 2 heterocycles. The minimum Gasteiger partial charge on any atom is -0.465 e. The molecule has 1 aliphatic rings. The van der Waals surface area contributed by atoms with E-state index >= 15 is 0 Å². The van der Waals surface area contributed by atoms with Crippen LogP contribution >= 0.6 is 0 Å². The topological polar surface area (TPSA) is 96.9 Å². The van der Waals surface area contributed by atoms with Gasteiger partial charge in [-0.25, -0.2) is 8.42 Å². The summed E-state index contributed by atoms with van der Waals surface area (Å²) in [5, 5.41) is 11.1. The van der Waals surface area contributed by atoms with Crippen LogP contribution in [0, 0.1) is 17.0 Å². The third kappa shape index (κ3) is 3.73. The van der Waals surface area contributed by atoms with Crippen molar-refractivity contribution in [1.29, 1.82) is 0 Å². The highest BCUT2D eigenvalue weighted by molar-refractivity contribution is 7.89. The van der Waals surface area contributed by atoms with E-state index in [0.29, 0.717) is 19.6 Å². The molecule has 3 rings (SSSR count). The lowest BCUT2D eigenvalue weighted by Gasteiger charge is -2.33. The van der Waals surface area contributed by atoms with E-state index in [9.17, 15) is 18.5 Å². The van der Waals surface area contributed by atoms with Crippen LogP contribution in [0.4, 0.5) is 5.69 Å². The number of hydrogen-bond acceptors (Lipinski definition) is 6. The first kappa shape index (κ1) is 17.6. The summed E-state index contributed by atoms with van der Waals surface area (Å²) in [5.74, 6) is 1.68. The van der Waals surface area contributed by atoms with E-state index in [1.165, 1.54) is 28.6 Å². The van der Waals surface area contributed by atoms with E-state index in [1.54, 1.807) is 0 Å². The zero-order valence-corrected chi connectivity index (χ0v) is 14.6. The van der Waals surface area contributed by atoms with Gasteiger partial charge in [-0.2, -0.15) is 4.31 Å². The molecule has 134 valence electrons. The van der Waals surface area contributed by atoms with Crippen LogP contribution in [-0.2, 0) is 16.6 Å². The lowest BCUT2D eigenvalue weighted by molar-refractivity contribution is -0.387. The van der Waals surface area contributed by atoms with Crippen molar-refractivity contribution in [2.75, 3.05) is 26.2 Å². The molecule has 0 saturated carbocycles. The van der Waals surface area contributed by atoms with Crippen molar-refractivity contribution in [3.8, 4) is 0 Å². The second-order valence-corrected chi connectivity index (χ2v) is 7.82. The number of hydrogen-bond donors (Lipinski definition) is 0. The molecule has 0 bridgehead atoms. The quantitative estimate of drug-likeness (QED) is 0.594. The summed E-state index contributed by atoms with van der Waals surface area (Å²) in [4.78, 5) is 12.3. The molecule has 1 aromatic heterocycles. The fraction of sp³-hybridized carbons (Fsp3) is 0.375. The minimum atomic E-state index is -3.89. The first-order valence-corrected chi connectivity index (χ1v) is 9.33. The number of nitro groups is 1. The van der Waals surface area contributed by atoms with Crippen molar-refractivity contribution in [2.45, 2.75) is 18.4 Å². The molecule has 0 aliphatic carbocycles. The molecule has 0 amide bonds. The van der Waals surface area contributed by atoms with Gasteiger partial charge in [0, 0.05) is 32.2 Å². The van der Waals surface area contributed by atoms with Gasteiger partial charge in [0.15, 0.2) is 4.90 Å². The van der Waals surface area contributed by atoms with Crippen LogP contribution in [0.15, 0.2) is 45.7 Å². The maximum absolute atomic E-state index is 12.8. The van der Waals surface area contributed by atoms with Crippen LogP contribution in [0.2, 0.25) is 0 Å². The van der Waals surface area contributed by atoms with E-state index in [-0.39, 0.29) is 18.0 Å². The number of nitrogens with zero attached hydrogens (tertiary/aromatic N) is 3. The highest BCUT2D eigenvalue weighted by Crippen LogP contribution is 2.27. The van der Waals surface area contributed by atoms with Crippen molar-refractivity contribution in [3.05, 3.63) is 58.0 Å². The van der Waals surface area contributed by atoms with Gasteiger partial charge in [0.05, 0.1) is 11.5 Å². The number of benzene rings is 1. The maximum Gasteiger partial charge on any atom is 0.289 e. The number of furan rings is 1. The van der Waals surface area contributed by atoms with E-state index < -0.39 is 20.6 Å². The van der Waals surface area contributed by atoms with Gasteiger partial charge in [0.25, 0.3) is 5.69 Å². The summed E-state index contributed by atoms with van der Waals surface area (Å²) in [5.41, 5.74) is -0.393. The van der Waals surface area contributed by atoms with Crippen LogP contribution in [0.1, 0.15) is 11.5 Å². The zero-order chi connectivity index (χ0) is 18.0. The summed E-state index contributed by atoms with van der Waals surface area (Å²) in [6, 6.07) is 9.25. The highest BCUT2D eigenvalue weighted by Gasteiger charge is 2.33. The Bertz CT molecular complexity index is 869. The average molecular weight is 365 g/mol. The third-order valence-electron chi connectivity index (χ3n) is 4.19. The summed E-state index contributed by atoms with van der Waals surface area (Å²) >= 11 is 0. The van der Waals surface area contributed by atoms with Crippen LogP contribution < -0.4 is 0 Å². The fourth-order valence-corrected chi connectivity index (χ4v) is 4.46. The molecule has 0 radical (unpaired) electrons. The zero-order valence-electron chi connectivity index (χ0n) is 13.8. The van der Waals surface area contributed by atoms with Crippen molar-refractivity contribution in [3.63, 3.8) is 0 Å². The Morgan fingerprint density at radius 3 is 2.40 bits per heavy atom. The minimum absolute atomic E-state index is 0.255. The number of nitro benzene ring substituents is 1. The number of piperazine rings is 1. The molecule has 1 aromatic carbocycles. The molecule has 1 aliphatic heterocycles. The van der Waals surface area contributed by atoms with Gasteiger partial charge in [0.2, 0.25) is 10.0 Å². The predicted octanol–water partition coefficient (Wildman–Crippen LogP) is 2.00. The molecule has 9 heteroatoms. The summed E-state index contributed by atoms with van der Waals surface area (Å²) in [6.45, 7) is 4.15. The first-order chi connectivity index (χ1) is 11.9. The van der Waals surface area contributed by atoms with Gasteiger partial charge in [-0.1, -0.05) is 12.1 Å². The standard InChI is InChI=1S/C16H19N3O5S/c1-13-6-7-14(24-13)12-17-8-10-18(11-9-17)25(22,23)16-5-3-2-4-15(16)19(20)21/h2-7H,8-12H2,1H3. The van der Waals surface area contributed by atoms with Crippen molar-refractivity contribution in [1.82, 2.24) is 9.21 Å². The van der Waals surface area contributed by atoms with Gasteiger partial charge in [-0.3, -0.25) is 15.0 Å². The molecule has 25 heavy (non-hydrogen) atoms. The van der Waals surface area contributed by atoms with Crippen molar-refractivity contribution in [2.24, 2.45) is 0 Å². The Balaban J connectivity index is 1.71. The SMILES string of the molecule is Cc1ccc(CN2CCN(S(=O)(=O)c3ccccc3[N+](=O)[O-])CC2)o1. The second kappa shape index (κ2) is 6.95. The van der Waals surface area contributed by atoms with Crippen LogP contribution in [0.25, 0.3) is 0 Å². The molecule has 0 N–H and O–H groups in total. The molecule has 1 saturated heterocycles. The summed E-state index contributed by atoms with van der Waals surface area (Å²) in [7, 11) is -3.89. The predicted molar refractivity (Wildman–Crippen MR) is 90.6 cm³/mol. The molecule has 0 unspecified atom stereocenters. The van der Waals surface area contributed by atoms with Gasteiger partial charge in [0.1, 0.15) is 11.5 Å². The number of rotatable bonds is 5. The fourth-order valence-electron chi connectivity index (χ4n) is 2.88. The Kier molecular flexibility index (Phi) is 4.89. The first-order valence-electron chi connectivity index (χ1n) is 7.89. The smallest absolute Gasteiger partial charge is 0.289 e. The van der Waals surface area contributed by atoms with Gasteiger partial charge in [-0.05, 0) is 25.1 Å². The number of aryl methyl sites for hydroxylation is 1. The molecule has 8 nitrogen and oxygen atoms in total. The summed E-state index contributed by atoms with van der Waals surface area (Å²) < 4.78 is 32.4. The second-order valence-electron chi connectivity index (χ2n) is 5.92. The van der Waals surface area contributed by atoms with Crippen LogP contribution in [0.3, 0.4) is 0 Å². The molecule has 2 aromatic rings. The molecule has 0 atom stereocenters. The van der Waals surface area contributed by atoms with E-state index in [1.807, 2.05) is 19.1 Å². The molecular weight excluding hydrogens is 346 g/mol. The van der Waals surface area contributed by atoms with Crippen molar-refractivity contribution >= 4 is 15.7 Å². The lowest BCUT2D eigenvalue weighted by atomic mass is 10.3. The Labute approximate surface area is 145 Å². The normalized spacial score (nSPS) is 16.8. The van der Waals surface area contributed by atoms with Gasteiger partial charge < -0.3 is 4.42 Å². The van der Waals surface area contributed by atoms with Gasteiger partial charge in [-0.15, -0.1) is 0 Å². The summed E-state index contributed by atoms with van der Waals surface area (Å²) in [6.07, 6.45) is 0. The van der Waals surface area contributed by atoms with Gasteiger partial charge >= 0.3 is 0 Å². The largest absolute Gasteiger partial charge is 0.465 e. The highest BCUT2D eigenvalue weighted by atomic mass is 32.2.